The number of nitrogens with one attached hydrogen (secondary N) is 1. The fourth-order valence-corrected chi connectivity index (χ4v) is 5.02. The molecular formula is C14H19NO3S. The van der Waals surface area contributed by atoms with Crippen molar-refractivity contribution in [2.75, 3.05) is 18.1 Å². The van der Waals surface area contributed by atoms with Gasteiger partial charge in [-0.2, -0.15) is 0 Å². The van der Waals surface area contributed by atoms with Crippen LogP contribution in [0.1, 0.15) is 30.0 Å². The van der Waals surface area contributed by atoms with Crippen LogP contribution in [0.15, 0.2) is 18.2 Å². The highest BCUT2D eigenvalue weighted by Gasteiger charge is 2.29. The van der Waals surface area contributed by atoms with Gasteiger partial charge < -0.3 is 10.4 Å². The summed E-state index contributed by atoms with van der Waals surface area (Å²) in [4.78, 5) is 0. The Kier molecular flexibility index (Phi) is 3.27. The Morgan fingerprint density at radius 3 is 2.89 bits per heavy atom. The number of sulfone groups is 1. The van der Waals surface area contributed by atoms with Crippen LogP contribution in [-0.4, -0.2) is 31.6 Å². The van der Waals surface area contributed by atoms with Crippen LogP contribution >= 0.6 is 0 Å². The van der Waals surface area contributed by atoms with Gasteiger partial charge in [-0.1, -0.05) is 6.07 Å². The molecule has 1 aromatic rings. The number of benzene rings is 1. The van der Waals surface area contributed by atoms with Crippen molar-refractivity contribution in [1.29, 1.82) is 0 Å². The highest BCUT2D eigenvalue weighted by molar-refractivity contribution is 7.91. The van der Waals surface area contributed by atoms with Gasteiger partial charge in [-0.05, 0) is 55.0 Å². The number of aromatic hydroxyl groups is 1. The second kappa shape index (κ2) is 4.80. The molecule has 4 nitrogen and oxygen atoms in total. The Labute approximate surface area is 113 Å². The molecule has 0 saturated carbocycles. The number of hydrogen-bond acceptors (Lipinski definition) is 4. The summed E-state index contributed by atoms with van der Waals surface area (Å²) in [6.07, 6.45) is 2.78. The molecule has 1 aliphatic carbocycles. The van der Waals surface area contributed by atoms with Gasteiger partial charge in [0.05, 0.1) is 11.5 Å². The number of phenolic OH excluding ortho intramolecular Hbond substituents is 1. The van der Waals surface area contributed by atoms with Gasteiger partial charge in [0.15, 0.2) is 9.84 Å². The van der Waals surface area contributed by atoms with Crippen LogP contribution in [0.25, 0.3) is 0 Å². The number of fused-ring (bicyclic) bond motifs is 1. The number of hydrogen-bond donors (Lipinski definition) is 2. The quantitative estimate of drug-likeness (QED) is 0.879. The molecule has 0 spiro atoms. The van der Waals surface area contributed by atoms with Crippen LogP contribution in [0, 0.1) is 5.92 Å². The average Bonchev–Trinajstić information content (AvgIpc) is 2.89. The SMILES string of the molecule is O=S1(=O)CCC(CNC2CCc3cc(O)ccc32)C1. The molecule has 1 aliphatic heterocycles. The third-order valence-corrected chi connectivity index (χ3v) is 6.02. The summed E-state index contributed by atoms with van der Waals surface area (Å²) in [5.74, 6) is 1.25. The van der Waals surface area contributed by atoms with E-state index in [1.807, 2.05) is 12.1 Å². The molecular weight excluding hydrogens is 262 g/mol. The Balaban J connectivity index is 1.61. The summed E-state index contributed by atoms with van der Waals surface area (Å²) in [5, 5.41) is 12.9. The van der Waals surface area contributed by atoms with E-state index in [1.165, 1.54) is 11.1 Å². The molecule has 1 fully saturated rings. The molecule has 0 amide bonds. The molecule has 2 unspecified atom stereocenters. The zero-order chi connectivity index (χ0) is 13.5. The average molecular weight is 281 g/mol. The standard InChI is InChI=1S/C14H19NO3S/c16-12-2-3-13-11(7-12)1-4-14(13)15-8-10-5-6-19(17,18)9-10/h2-3,7,10,14-16H,1,4-6,8-9H2. The molecule has 0 bridgehead atoms. The van der Waals surface area contributed by atoms with Gasteiger partial charge in [0.25, 0.3) is 0 Å². The highest BCUT2D eigenvalue weighted by Crippen LogP contribution is 2.33. The van der Waals surface area contributed by atoms with Crippen LogP contribution < -0.4 is 5.32 Å². The Morgan fingerprint density at radius 2 is 2.16 bits per heavy atom. The summed E-state index contributed by atoms with van der Waals surface area (Å²) >= 11 is 0. The second-order valence-electron chi connectivity index (χ2n) is 5.65. The number of phenols is 1. The predicted octanol–water partition coefficient (Wildman–Crippen LogP) is 1.40. The van der Waals surface area contributed by atoms with Crippen LogP contribution in [0.5, 0.6) is 5.75 Å². The van der Waals surface area contributed by atoms with Gasteiger partial charge in [-0.25, -0.2) is 8.42 Å². The minimum Gasteiger partial charge on any atom is -0.508 e. The van der Waals surface area contributed by atoms with Crippen molar-refractivity contribution in [2.24, 2.45) is 5.92 Å². The van der Waals surface area contributed by atoms with Gasteiger partial charge in [0, 0.05) is 6.04 Å². The van der Waals surface area contributed by atoms with E-state index in [0.717, 1.165) is 25.8 Å². The lowest BCUT2D eigenvalue weighted by Crippen LogP contribution is -2.26. The van der Waals surface area contributed by atoms with Gasteiger partial charge in [0.2, 0.25) is 0 Å². The lowest BCUT2D eigenvalue weighted by atomic mass is 10.1. The van der Waals surface area contributed by atoms with Crippen molar-refractivity contribution in [2.45, 2.75) is 25.3 Å². The molecule has 2 aliphatic rings. The number of aryl methyl sites for hydroxylation is 1. The molecule has 104 valence electrons. The van der Waals surface area contributed by atoms with Crippen molar-refractivity contribution < 1.29 is 13.5 Å². The topological polar surface area (TPSA) is 66.4 Å². The summed E-state index contributed by atoms with van der Waals surface area (Å²) in [6, 6.07) is 5.83. The summed E-state index contributed by atoms with van der Waals surface area (Å²) in [7, 11) is -2.78. The fraction of sp³-hybridized carbons (Fsp3) is 0.571. The second-order valence-corrected chi connectivity index (χ2v) is 7.88. The van der Waals surface area contributed by atoms with Crippen molar-refractivity contribution >= 4 is 9.84 Å². The fourth-order valence-electron chi connectivity index (χ4n) is 3.16. The maximum absolute atomic E-state index is 11.4. The maximum atomic E-state index is 11.4. The van der Waals surface area contributed by atoms with Crippen LogP contribution in [0.2, 0.25) is 0 Å². The van der Waals surface area contributed by atoms with E-state index in [2.05, 4.69) is 5.32 Å². The lowest BCUT2D eigenvalue weighted by Gasteiger charge is -2.16. The first-order chi connectivity index (χ1) is 9.03. The van der Waals surface area contributed by atoms with E-state index < -0.39 is 9.84 Å². The van der Waals surface area contributed by atoms with Crippen molar-refractivity contribution in [3.8, 4) is 5.75 Å². The van der Waals surface area contributed by atoms with Gasteiger partial charge in [-0.3, -0.25) is 0 Å². The first-order valence-electron chi connectivity index (χ1n) is 6.79. The lowest BCUT2D eigenvalue weighted by molar-refractivity contribution is 0.455. The third-order valence-electron chi connectivity index (χ3n) is 4.18. The van der Waals surface area contributed by atoms with E-state index in [4.69, 9.17) is 0 Å². The normalized spacial score (nSPS) is 28.4. The monoisotopic (exact) mass is 281 g/mol. The summed E-state index contributed by atoms with van der Waals surface area (Å²) in [5.41, 5.74) is 2.45. The van der Waals surface area contributed by atoms with Gasteiger partial charge in [-0.15, -0.1) is 0 Å². The molecule has 0 radical (unpaired) electrons. The highest BCUT2D eigenvalue weighted by atomic mass is 32.2. The molecule has 5 heteroatoms. The zero-order valence-corrected chi connectivity index (χ0v) is 11.6. The maximum Gasteiger partial charge on any atom is 0.150 e. The van der Waals surface area contributed by atoms with Gasteiger partial charge >= 0.3 is 0 Å². The zero-order valence-electron chi connectivity index (χ0n) is 10.8. The van der Waals surface area contributed by atoms with E-state index in [1.54, 1.807) is 6.07 Å². The molecule has 1 aromatic carbocycles. The van der Waals surface area contributed by atoms with Crippen LogP contribution in [-0.2, 0) is 16.3 Å². The first-order valence-corrected chi connectivity index (χ1v) is 8.61. The molecule has 1 heterocycles. The van der Waals surface area contributed by atoms with Crippen molar-refractivity contribution in [1.82, 2.24) is 5.32 Å². The predicted molar refractivity (Wildman–Crippen MR) is 73.9 cm³/mol. The largest absolute Gasteiger partial charge is 0.508 e. The van der Waals surface area contributed by atoms with Crippen molar-refractivity contribution in [3.63, 3.8) is 0 Å². The molecule has 0 aromatic heterocycles. The van der Waals surface area contributed by atoms with Crippen LogP contribution in [0.4, 0.5) is 0 Å². The molecule has 3 rings (SSSR count). The minimum atomic E-state index is -2.78. The summed E-state index contributed by atoms with van der Waals surface area (Å²) < 4.78 is 22.8. The van der Waals surface area contributed by atoms with E-state index >= 15 is 0 Å². The number of rotatable bonds is 3. The Morgan fingerprint density at radius 1 is 1.32 bits per heavy atom. The van der Waals surface area contributed by atoms with Crippen molar-refractivity contribution in [3.05, 3.63) is 29.3 Å². The molecule has 2 atom stereocenters. The van der Waals surface area contributed by atoms with Crippen LogP contribution in [0.3, 0.4) is 0 Å². The summed E-state index contributed by atoms with van der Waals surface area (Å²) in [6.45, 7) is 0.768. The smallest absolute Gasteiger partial charge is 0.150 e. The van der Waals surface area contributed by atoms with E-state index in [-0.39, 0.29) is 5.92 Å². The first kappa shape index (κ1) is 12.9. The Bertz CT molecular complexity index is 582. The molecule has 19 heavy (non-hydrogen) atoms. The molecule has 2 N–H and O–H groups in total. The third kappa shape index (κ3) is 2.77. The van der Waals surface area contributed by atoms with E-state index in [9.17, 15) is 13.5 Å². The van der Waals surface area contributed by atoms with Gasteiger partial charge in [0.1, 0.15) is 5.75 Å². The van der Waals surface area contributed by atoms with E-state index in [0.29, 0.717) is 23.3 Å². The minimum absolute atomic E-state index is 0.256. The Hall–Kier alpha value is -1.07. The molecule has 1 saturated heterocycles.